The Morgan fingerprint density at radius 2 is 1.65 bits per heavy atom. The maximum absolute atomic E-state index is 5.75. The molecule has 3 heteroatoms. The highest BCUT2D eigenvalue weighted by molar-refractivity contribution is 5.60. The zero-order valence-corrected chi connectivity index (χ0v) is 10.9. The zero-order valence-electron chi connectivity index (χ0n) is 10.9. The number of anilines is 1. The minimum atomic E-state index is 0.629. The summed E-state index contributed by atoms with van der Waals surface area (Å²) in [5.74, 6) is 2.58. The second-order valence-electron chi connectivity index (χ2n) is 4.28. The molecule has 94 valence electrons. The van der Waals surface area contributed by atoms with E-state index in [-0.39, 0.29) is 0 Å². The first kappa shape index (κ1) is 12.1. The van der Waals surface area contributed by atoms with E-state index in [4.69, 9.17) is 9.47 Å². The van der Waals surface area contributed by atoms with Crippen LogP contribution in [0.3, 0.4) is 0 Å². The van der Waals surface area contributed by atoms with E-state index in [0.717, 1.165) is 17.2 Å². The third kappa shape index (κ3) is 2.65. The standard InChI is InChI=1S/C14H21NO2/c1-4-16-12-8-11(15-3)9-13(17-5-2)14(12)10-6-7-10/h8-10,15H,4-7H2,1-3H3. The van der Waals surface area contributed by atoms with Crippen LogP contribution in [0.5, 0.6) is 11.5 Å². The van der Waals surface area contributed by atoms with Crippen molar-refractivity contribution in [3.05, 3.63) is 17.7 Å². The van der Waals surface area contributed by atoms with Crippen molar-refractivity contribution >= 4 is 5.69 Å². The number of ether oxygens (including phenoxy) is 2. The van der Waals surface area contributed by atoms with Crippen molar-refractivity contribution in [1.29, 1.82) is 0 Å². The Morgan fingerprint density at radius 1 is 1.12 bits per heavy atom. The molecule has 2 rings (SSSR count). The Hall–Kier alpha value is -1.38. The molecule has 0 unspecified atom stereocenters. The van der Waals surface area contributed by atoms with Gasteiger partial charge in [-0.05, 0) is 32.6 Å². The van der Waals surface area contributed by atoms with Crippen LogP contribution < -0.4 is 14.8 Å². The van der Waals surface area contributed by atoms with Gasteiger partial charge in [-0.15, -0.1) is 0 Å². The van der Waals surface area contributed by atoms with Crippen molar-refractivity contribution in [2.45, 2.75) is 32.6 Å². The first-order valence-electron chi connectivity index (χ1n) is 6.41. The Kier molecular flexibility index (Phi) is 3.77. The number of rotatable bonds is 6. The summed E-state index contributed by atoms with van der Waals surface area (Å²) in [6, 6.07) is 4.14. The normalized spacial score (nSPS) is 14.5. The van der Waals surface area contributed by atoms with Gasteiger partial charge >= 0.3 is 0 Å². The van der Waals surface area contributed by atoms with Crippen molar-refractivity contribution in [2.24, 2.45) is 0 Å². The van der Waals surface area contributed by atoms with Gasteiger partial charge in [-0.3, -0.25) is 0 Å². The van der Waals surface area contributed by atoms with E-state index in [1.165, 1.54) is 18.4 Å². The summed E-state index contributed by atoms with van der Waals surface area (Å²) in [7, 11) is 1.91. The molecule has 0 bridgehead atoms. The molecule has 0 saturated heterocycles. The highest BCUT2D eigenvalue weighted by Crippen LogP contribution is 2.49. The third-order valence-electron chi connectivity index (χ3n) is 2.98. The molecule has 3 nitrogen and oxygen atoms in total. The van der Waals surface area contributed by atoms with Crippen molar-refractivity contribution in [2.75, 3.05) is 25.6 Å². The quantitative estimate of drug-likeness (QED) is 0.819. The van der Waals surface area contributed by atoms with Crippen molar-refractivity contribution in [3.8, 4) is 11.5 Å². The summed E-state index contributed by atoms with van der Waals surface area (Å²) in [5, 5.41) is 3.15. The van der Waals surface area contributed by atoms with Gasteiger partial charge in [0.2, 0.25) is 0 Å². The Balaban J connectivity index is 2.41. The van der Waals surface area contributed by atoms with Gasteiger partial charge in [0.05, 0.1) is 13.2 Å². The summed E-state index contributed by atoms with van der Waals surface area (Å²) in [5.41, 5.74) is 2.30. The molecule has 1 fully saturated rings. The molecular weight excluding hydrogens is 214 g/mol. The van der Waals surface area contributed by atoms with Crippen LogP contribution in [0.15, 0.2) is 12.1 Å². The SMILES string of the molecule is CCOc1cc(NC)cc(OCC)c1C1CC1. The minimum Gasteiger partial charge on any atom is -0.493 e. The molecule has 17 heavy (non-hydrogen) atoms. The summed E-state index contributed by atoms with van der Waals surface area (Å²) >= 11 is 0. The summed E-state index contributed by atoms with van der Waals surface area (Å²) in [4.78, 5) is 0. The lowest BCUT2D eigenvalue weighted by Gasteiger charge is -2.17. The van der Waals surface area contributed by atoms with E-state index < -0.39 is 0 Å². The molecule has 0 atom stereocenters. The lowest BCUT2D eigenvalue weighted by atomic mass is 10.1. The average molecular weight is 235 g/mol. The van der Waals surface area contributed by atoms with E-state index in [1.807, 2.05) is 20.9 Å². The first-order valence-corrected chi connectivity index (χ1v) is 6.41. The predicted molar refractivity (Wildman–Crippen MR) is 70.3 cm³/mol. The highest BCUT2D eigenvalue weighted by atomic mass is 16.5. The fraction of sp³-hybridized carbons (Fsp3) is 0.571. The second-order valence-corrected chi connectivity index (χ2v) is 4.28. The van der Waals surface area contributed by atoms with E-state index in [1.54, 1.807) is 0 Å². The van der Waals surface area contributed by atoms with Crippen molar-refractivity contribution in [3.63, 3.8) is 0 Å². The molecule has 1 saturated carbocycles. The number of benzene rings is 1. The van der Waals surface area contributed by atoms with Crippen LogP contribution >= 0.6 is 0 Å². The van der Waals surface area contributed by atoms with Gasteiger partial charge in [-0.25, -0.2) is 0 Å². The molecule has 0 amide bonds. The van der Waals surface area contributed by atoms with Gasteiger partial charge < -0.3 is 14.8 Å². The van der Waals surface area contributed by atoms with Crippen LogP contribution in [0.1, 0.15) is 38.2 Å². The van der Waals surface area contributed by atoms with E-state index in [9.17, 15) is 0 Å². The first-order chi connectivity index (χ1) is 8.30. The van der Waals surface area contributed by atoms with Gasteiger partial charge in [0, 0.05) is 30.4 Å². The van der Waals surface area contributed by atoms with E-state index >= 15 is 0 Å². The van der Waals surface area contributed by atoms with E-state index in [0.29, 0.717) is 19.1 Å². The monoisotopic (exact) mass is 235 g/mol. The molecule has 1 N–H and O–H groups in total. The molecule has 0 radical (unpaired) electrons. The van der Waals surface area contributed by atoms with Crippen LogP contribution in [0.2, 0.25) is 0 Å². The molecule has 1 aromatic rings. The molecule has 1 aromatic carbocycles. The molecular formula is C14H21NO2. The van der Waals surface area contributed by atoms with Gasteiger partial charge in [0.1, 0.15) is 11.5 Å². The van der Waals surface area contributed by atoms with E-state index in [2.05, 4.69) is 17.4 Å². The number of hydrogen-bond donors (Lipinski definition) is 1. The Bertz CT molecular complexity index is 359. The highest BCUT2D eigenvalue weighted by Gasteiger charge is 2.30. The lowest BCUT2D eigenvalue weighted by Crippen LogP contribution is -2.02. The molecule has 0 aromatic heterocycles. The zero-order chi connectivity index (χ0) is 12.3. The van der Waals surface area contributed by atoms with Crippen LogP contribution in [0.25, 0.3) is 0 Å². The van der Waals surface area contributed by atoms with Crippen molar-refractivity contribution in [1.82, 2.24) is 0 Å². The third-order valence-corrected chi connectivity index (χ3v) is 2.98. The smallest absolute Gasteiger partial charge is 0.128 e. The van der Waals surface area contributed by atoms with Crippen molar-refractivity contribution < 1.29 is 9.47 Å². The summed E-state index contributed by atoms with van der Waals surface area (Å²) in [6.45, 7) is 5.42. The molecule has 1 aliphatic rings. The molecule has 0 spiro atoms. The topological polar surface area (TPSA) is 30.5 Å². The van der Waals surface area contributed by atoms with Crippen LogP contribution in [-0.2, 0) is 0 Å². The van der Waals surface area contributed by atoms with Gasteiger partial charge in [0.25, 0.3) is 0 Å². The number of hydrogen-bond acceptors (Lipinski definition) is 3. The lowest BCUT2D eigenvalue weighted by molar-refractivity contribution is 0.317. The average Bonchev–Trinajstić information content (AvgIpc) is 3.13. The second kappa shape index (κ2) is 5.30. The summed E-state index contributed by atoms with van der Waals surface area (Å²) in [6.07, 6.45) is 2.50. The Morgan fingerprint density at radius 3 is 2.00 bits per heavy atom. The summed E-state index contributed by atoms with van der Waals surface area (Å²) < 4.78 is 11.5. The molecule has 0 heterocycles. The predicted octanol–water partition coefficient (Wildman–Crippen LogP) is 3.40. The van der Waals surface area contributed by atoms with Gasteiger partial charge in [0.15, 0.2) is 0 Å². The Labute approximate surface area is 103 Å². The van der Waals surface area contributed by atoms with Crippen LogP contribution in [-0.4, -0.2) is 20.3 Å². The van der Waals surface area contributed by atoms with Gasteiger partial charge in [-0.2, -0.15) is 0 Å². The maximum atomic E-state index is 5.75. The number of nitrogens with one attached hydrogen (secondary N) is 1. The fourth-order valence-corrected chi connectivity index (χ4v) is 2.07. The van der Waals surface area contributed by atoms with Gasteiger partial charge in [-0.1, -0.05) is 0 Å². The largest absolute Gasteiger partial charge is 0.493 e. The van der Waals surface area contributed by atoms with Crippen LogP contribution in [0.4, 0.5) is 5.69 Å². The molecule has 1 aliphatic carbocycles. The maximum Gasteiger partial charge on any atom is 0.128 e. The van der Waals surface area contributed by atoms with Crippen LogP contribution in [0, 0.1) is 0 Å². The molecule has 0 aliphatic heterocycles. The fourth-order valence-electron chi connectivity index (χ4n) is 2.07. The minimum absolute atomic E-state index is 0.629.